The number of Topliss-reactive ketones (excluding diaryl/α,β-unsaturated/α-hetero) is 1. The standard InChI is InChI=1S/C15H18ClN3O3/c1-3-11(17)13(14(18)19-2)15(21)22-8-12(20)9-6-4-5-7-10(9)16/h4-7,17,19H,3,8,18H2,1-2H3/b14-13+,17-11?. The van der Waals surface area contributed by atoms with E-state index in [0.717, 1.165) is 0 Å². The van der Waals surface area contributed by atoms with E-state index < -0.39 is 18.4 Å². The third kappa shape index (κ3) is 4.33. The fourth-order valence-electron chi connectivity index (χ4n) is 1.67. The highest BCUT2D eigenvalue weighted by molar-refractivity contribution is 6.34. The van der Waals surface area contributed by atoms with Crippen LogP contribution < -0.4 is 11.1 Å². The van der Waals surface area contributed by atoms with E-state index in [4.69, 9.17) is 27.5 Å². The summed E-state index contributed by atoms with van der Waals surface area (Å²) in [7, 11) is 1.53. The van der Waals surface area contributed by atoms with Gasteiger partial charge < -0.3 is 21.2 Å². The Balaban J connectivity index is 2.82. The fraction of sp³-hybridized carbons (Fsp3) is 0.267. The Labute approximate surface area is 133 Å². The molecule has 7 heteroatoms. The molecule has 0 bridgehead atoms. The number of hydrogen-bond acceptors (Lipinski definition) is 6. The Bertz CT molecular complexity index is 626. The van der Waals surface area contributed by atoms with Crippen LogP contribution in [0.4, 0.5) is 0 Å². The number of carbonyl (C=O) groups is 2. The van der Waals surface area contributed by atoms with E-state index in [1.807, 2.05) is 0 Å². The lowest BCUT2D eigenvalue weighted by Gasteiger charge is -2.11. The second-order valence-electron chi connectivity index (χ2n) is 4.35. The lowest BCUT2D eigenvalue weighted by atomic mass is 10.1. The van der Waals surface area contributed by atoms with Crippen LogP contribution >= 0.6 is 11.6 Å². The molecular formula is C15H18ClN3O3. The molecule has 118 valence electrons. The second-order valence-corrected chi connectivity index (χ2v) is 4.76. The van der Waals surface area contributed by atoms with Crippen LogP contribution in [0.3, 0.4) is 0 Å². The van der Waals surface area contributed by atoms with E-state index in [2.05, 4.69) is 5.32 Å². The zero-order chi connectivity index (χ0) is 16.7. The van der Waals surface area contributed by atoms with Crippen molar-refractivity contribution in [3.8, 4) is 0 Å². The summed E-state index contributed by atoms with van der Waals surface area (Å²) >= 11 is 5.91. The van der Waals surface area contributed by atoms with Crippen molar-refractivity contribution in [1.82, 2.24) is 5.32 Å². The molecule has 0 saturated carbocycles. The summed E-state index contributed by atoms with van der Waals surface area (Å²) in [5.74, 6) is -1.22. The van der Waals surface area contributed by atoms with Gasteiger partial charge >= 0.3 is 5.97 Å². The van der Waals surface area contributed by atoms with Crippen LogP contribution in [0.1, 0.15) is 23.7 Å². The minimum Gasteiger partial charge on any atom is -0.454 e. The molecule has 1 rings (SSSR count). The number of nitrogens with two attached hydrogens (primary N) is 1. The second kappa shape index (κ2) is 8.19. The molecule has 0 radical (unpaired) electrons. The van der Waals surface area contributed by atoms with Gasteiger partial charge in [-0.05, 0) is 18.6 Å². The van der Waals surface area contributed by atoms with Gasteiger partial charge in [-0.1, -0.05) is 30.7 Å². The summed E-state index contributed by atoms with van der Waals surface area (Å²) in [4.78, 5) is 24.0. The first kappa shape index (κ1) is 17.7. The van der Waals surface area contributed by atoms with Gasteiger partial charge in [-0.25, -0.2) is 4.79 Å². The third-order valence-electron chi connectivity index (χ3n) is 2.91. The minimum absolute atomic E-state index is 0.0297. The minimum atomic E-state index is -0.820. The van der Waals surface area contributed by atoms with Crippen LogP contribution in [0.2, 0.25) is 5.02 Å². The zero-order valence-corrected chi connectivity index (χ0v) is 13.2. The van der Waals surface area contributed by atoms with Gasteiger partial charge in [0.1, 0.15) is 11.4 Å². The Morgan fingerprint density at radius 1 is 1.36 bits per heavy atom. The normalized spacial score (nSPS) is 11.4. The highest BCUT2D eigenvalue weighted by atomic mass is 35.5. The molecule has 0 spiro atoms. The number of esters is 1. The van der Waals surface area contributed by atoms with Crippen LogP contribution in [-0.2, 0) is 9.53 Å². The number of benzene rings is 1. The molecule has 0 aromatic heterocycles. The van der Waals surface area contributed by atoms with Crippen LogP contribution in [0.5, 0.6) is 0 Å². The van der Waals surface area contributed by atoms with Crippen LogP contribution in [0.25, 0.3) is 0 Å². The Kier molecular flexibility index (Phi) is 6.59. The molecule has 0 aliphatic carbocycles. The summed E-state index contributed by atoms with van der Waals surface area (Å²) in [6, 6.07) is 6.49. The summed E-state index contributed by atoms with van der Waals surface area (Å²) in [6.07, 6.45) is 0.311. The van der Waals surface area contributed by atoms with Crippen LogP contribution in [0, 0.1) is 5.41 Å². The summed E-state index contributed by atoms with van der Waals surface area (Å²) < 4.78 is 4.96. The molecule has 4 N–H and O–H groups in total. The maximum atomic E-state index is 12.0. The van der Waals surface area contributed by atoms with Crippen molar-refractivity contribution in [3.05, 3.63) is 46.2 Å². The molecule has 1 aromatic carbocycles. The Hall–Kier alpha value is -2.34. The molecule has 6 nitrogen and oxygen atoms in total. The highest BCUT2D eigenvalue weighted by Crippen LogP contribution is 2.16. The number of ether oxygens (including phenoxy) is 1. The van der Waals surface area contributed by atoms with Gasteiger partial charge in [0.2, 0.25) is 5.78 Å². The summed E-state index contributed by atoms with van der Waals surface area (Å²) in [5.41, 5.74) is 5.89. The van der Waals surface area contributed by atoms with E-state index in [1.54, 1.807) is 31.2 Å². The Morgan fingerprint density at radius 2 is 2.00 bits per heavy atom. The molecule has 22 heavy (non-hydrogen) atoms. The van der Waals surface area contributed by atoms with E-state index in [1.165, 1.54) is 7.05 Å². The predicted molar refractivity (Wildman–Crippen MR) is 85.0 cm³/mol. The Morgan fingerprint density at radius 3 is 2.55 bits per heavy atom. The number of carbonyl (C=O) groups excluding carboxylic acids is 2. The lowest BCUT2D eigenvalue weighted by molar-refractivity contribution is -0.137. The number of ketones is 1. The van der Waals surface area contributed by atoms with Gasteiger partial charge in [-0.3, -0.25) is 4.79 Å². The van der Waals surface area contributed by atoms with Crippen molar-refractivity contribution in [2.75, 3.05) is 13.7 Å². The van der Waals surface area contributed by atoms with Crippen LogP contribution in [-0.4, -0.2) is 31.1 Å². The maximum absolute atomic E-state index is 12.0. The van der Waals surface area contributed by atoms with Gasteiger partial charge in [-0.2, -0.15) is 0 Å². The third-order valence-corrected chi connectivity index (χ3v) is 3.24. The number of nitrogens with one attached hydrogen (secondary N) is 2. The lowest BCUT2D eigenvalue weighted by Crippen LogP contribution is -2.27. The molecule has 1 aromatic rings. The molecule has 0 heterocycles. The SMILES string of the molecule is CCC(=N)/C(C(=O)OCC(=O)c1ccccc1Cl)=C(/N)NC. The quantitative estimate of drug-likeness (QED) is 0.307. The first-order valence-electron chi connectivity index (χ1n) is 6.62. The summed E-state index contributed by atoms with van der Waals surface area (Å²) in [6.45, 7) is 1.24. The number of halogens is 1. The molecule has 0 unspecified atom stereocenters. The molecule has 0 aliphatic rings. The maximum Gasteiger partial charge on any atom is 0.344 e. The number of rotatable bonds is 7. The van der Waals surface area contributed by atoms with Gasteiger partial charge in [0.15, 0.2) is 6.61 Å². The van der Waals surface area contributed by atoms with E-state index >= 15 is 0 Å². The van der Waals surface area contributed by atoms with Crippen molar-refractivity contribution in [3.63, 3.8) is 0 Å². The molecular weight excluding hydrogens is 306 g/mol. The van der Waals surface area contributed by atoms with Gasteiger partial charge in [-0.15, -0.1) is 0 Å². The van der Waals surface area contributed by atoms with Crippen molar-refractivity contribution >= 4 is 29.1 Å². The predicted octanol–water partition coefficient (Wildman–Crippen LogP) is 1.89. The average molecular weight is 324 g/mol. The van der Waals surface area contributed by atoms with E-state index in [0.29, 0.717) is 6.42 Å². The largest absolute Gasteiger partial charge is 0.454 e. The van der Waals surface area contributed by atoms with Gasteiger partial charge in [0.05, 0.1) is 5.02 Å². The van der Waals surface area contributed by atoms with Gasteiger partial charge in [0.25, 0.3) is 0 Å². The molecule has 0 aliphatic heterocycles. The zero-order valence-electron chi connectivity index (χ0n) is 12.4. The first-order valence-corrected chi connectivity index (χ1v) is 7.00. The average Bonchev–Trinajstić information content (AvgIpc) is 2.52. The van der Waals surface area contributed by atoms with Crippen molar-refractivity contribution in [1.29, 1.82) is 5.41 Å². The monoisotopic (exact) mass is 323 g/mol. The highest BCUT2D eigenvalue weighted by Gasteiger charge is 2.21. The molecule has 0 fully saturated rings. The smallest absolute Gasteiger partial charge is 0.344 e. The molecule has 0 amide bonds. The van der Waals surface area contributed by atoms with Crippen molar-refractivity contribution in [2.24, 2.45) is 5.73 Å². The van der Waals surface area contributed by atoms with Crippen LogP contribution in [0.15, 0.2) is 35.7 Å². The topological polar surface area (TPSA) is 105 Å². The first-order chi connectivity index (χ1) is 10.4. The number of hydrogen-bond donors (Lipinski definition) is 3. The van der Waals surface area contributed by atoms with Gasteiger partial charge in [0, 0.05) is 18.3 Å². The molecule has 0 saturated heterocycles. The fourth-order valence-corrected chi connectivity index (χ4v) is 1.91. The van der Waals surface area contributed by atoms with Crippen molar-refractivity contribution < 1.29 is 14.3 Å². The molecule has 0 atom stereocenters. The van der Waals surface area contributed by atoms with Crippen molar-refractivity contribution in [2.45, 2.75) is 13.3 Å². The van der Waals surface area contributed by atoms with E-state index in [9.17, 15) is 9.59 Å². The van der Waals surface area contributed by atoms with E-state index in [-0.39, 0.29) is 27.7 Å². The summed E-state index contributed by atoms with van der Waals surface area (Å²) in [5, 5.41) is 10.6.